The van der Waals surface area contributed by atoms with Gasteiger partial charge in [0, 0.05) is 5.69 Å². The third-order valence-corrected chi connectivity index (χ3v) is 6.51. The van der Waals surface area contributed by atoms with Crippen molar-refractivity contribution in [1.29, 1.82) is 5.26 Å². The standard InChI is InChI=1S/C24H16BrCl2IN2O2/c1-14-2-4-15(5-3-14)13-32-23-19(25)9-16(10-22(23)28)8-17(12-29)24(31)30-18-6-7-20(26)21(27)11-18/h2-11H,13H2,1H3,(H,30,31)/b17-8+. The van der Waals surface area contributed by atoms with E-state index >= 15 is 0 Å². The fraction of sp³-hybridized carbons (Fsp3) is 0.0833. The zero-order chi connectivity index (χ0) is 23.3. The van der Waals surface area contributed by atoms with E-state index in [1.807, 2.05) is 43.3 Å². The van der Waals surface area contributed by atoms with Crippen molar-refractivity contribution in [2.45, 2.75) is 13.5 Å². The molecular formula is C24H16BrCl2IN2O2. The van der Waals surface area contributed by atoms with E-state index in [1.54, 1.807) is 18.2 Å². The number of aryl methyl sites for hydroxylation is 1. The van der Waals surface area contributed by atoms with Crippen molar-refractivity contribution in [3.8, 4) is 11.8 Å². The van der Waals surface area contributed by atoms with Crippen LogP contribution >= 0.6 is 61.7 Å². The van der Waals surface area contributed by atoms with Gasteiger partial charge in [0.2, 0.25) is 0 Å². The van der Waals surface area contributed by atoms with Crippen LogP contribution in [0.5, 0.6) is 5.75 Å². The molecule has 0 radical (unpaired) electrons. The lowest BCUT2D eigenvalue weighted by Crippen LogP contribution is -2.13. The van der Waals surface area contributed by atoms with Crippen molar-refractivity contribution >= 4 is 79.4 Å². The Balaban J connectivity index is 1.77. The Morgan fingerprint density at radius 2 is 1.88 bits per heavy atom. The number of carbonyl (C=O) groups is 1. The van der Waals surface area contributed by atoms with Crippen molar-refractivity contribution < 1.29 is 9.53 Å². The smallest absolute Gasteiger partial charge is 0.266 e. The number of ether oxygens (including phenoxy) is 1. The predicted molar refractivity (Wildman–Crippen MR) is 141 cm³/mol. The first-order valence-corrected chi connectivity index (χ1v) is 11.9. The van der Waals surface area contributed by atoms with Gasteiger partial charge in [-0.1, -0.05) is 53.0 Å². The van der Waals surface area contributed by atoms with Crippen LogP contribution < -0.4 is 10.1 Å². The highest BCUT2D eigenvalue weighted by atomic mass is 127. The molecule has 1 amide bonds. The van der Waals surface area contributed by atoms with Crippen LogP contribution in [-0.4, -0.2) is 5.91 Å². The van der Waals surface area contributed by atoms with Crippen LogP contribution in [0.1, 0.15) is 16.7 Å². The van der Waals surface area contributed by atoms with Crippen LogP contribution in [0.2, 0.25) is 10.0 Å². The van der Waals surface area contributed by atoms with E-state index < -0.39 is 5.91 Å². The third-order valence-electron chi connectivity index (χ3n) is 4.38. The van der Waals surface area contributed by atoms with Crippen LogP contribution in [0.4, 0.5) is 5.69 Å². The van der Waals surface area contributed by atoms with E-state index in [-0.39, 0.29) is 5.57 Å². The molecule has 3 rings (SSSR count). The summed E-state index contributed by atoms with van der Waals surface area (Å²) in [4.78, 5) is 12.5. The molecule has 0 saturated heterocycles. The zero-order valence-electron chi connectivity index (χ0n) is 16.8. The summed E-state index contributed by atoms with van der Waals surface area (Å²) < 4.78 is 7.56. The summed E-state index contributed by atoms with van der Waals surface area (Å²) in [6, 6.07) is 18.4. The largest absolute Gasteiger partial charge is 0.487 e. The van der Waals surface area contributed by atoms with Crippen LogP contribution in [0, 0.1) is 21.8 Å². The molecule has 0 spiro atoms. The number of halogens is 4. The Bertz CT molecular complexity index is 1210. The van der Waals surface area contributed by atoms with Crippen molar-refractivity contribution in [3.05, 3.63) is 94.9 Å². The first-order chi connectivity index (χ1) is 15.3. The number of hydrogen-bond donors (Lipinski definition) is 1. The van der Waals surface area contributed by atoms with Gasteiger partial charge in [0.25, 0.3) is 5.91 Å². The van der Waals surface area contributed by atoms with Crippen molar-refractivity contribution in [2.75, 3.05) is 5.32 Å². The number of anilines is 1. The van der Waals surface area contributed by atoms with E-state index in [4.69, 9.17) is 27.9 Å². The Hall–Kier alpha value is -2.05. The first-order valence-electron chi connectivity index (χ1n) is 9.32. The predicted octanol–water partition coefficient (Wildman–Crippen LogP) is 7.79. The number of benzene rings is 3. The van der Waals surface area contributed by atoms with Crippen molar-refractivity contribution in [3.63, 3.8) is 0 Å². The number of nitriles is 1. The number of nitrogens with zero attached hydrogens (tertiary/aromatic N) is 1. The quantitative estimate of drug-likeness (QED) is 0.170. The van der Waals surface area contributed by atoms with Crippen LogP contribution in [-0.2, 0) is 11.4 Å². The minimum Gasteiger partial charge on any atom is -0.487 e. The van der Waals surface area contributed by atoms with Gasteiger partial charge < -0.3 is 10.1 Å². The fourth-order valence-corrected chi connectivity index (χ4v) is 4.80. The van der Waals surface area contributed by atoms with Crippen molar-refractivity contribution in [2.24, 2.45) is 0 Å². The molecule has 0 unspecified atom stereocenters. The van der Waals surface area contributed by atoms with Gasteiger partial charge in [0.15, 0.2) is 0 Å². The Labute approximate surface area is 218 Å². The molecule has 3 aromatic rings. The molecule has 8 heteroatoms. The minimum atomic E-state index is -0.545. The van der Waals surface area contributed by atoms with Gasteiger partial charge >= 0.3 is 0 Å². The van der Waals surface area contributed by atoms with Gasteiger partial charge in [0.1, 0.15) is 24.0 Å². The normalized spacial score (nSPS) is 11.1. The average molecular weight is 642 g/mol. The molecule has 4 nitrogen and oxygen atoms in total. The monoisotopic (exact) mass is 640 g/mol. The second-order valence-electron chi connectivity index (χ2n) is 6.84. The molecule has 0 fully saturated rings. The lowest BCUT2D eigenvalue weighted by atomic mass is 10.1. The van der Waals surface area contributed by atoms with Gasteiger partial charge in [-0.2, -0.15) is 5.26 Å². The highest BCUT2D eigenvalue weighted by Gasteiger charge is 2.13. The minimum absolute atomic E-state index is 0.0490. The number of nitrogens with one attached hydrogen (secondary N) is 1. The maximum absolute atomic E-state index is 12.5. The molecule has 0 heterocycles. The second kappa shape index (κ2) is 11.2. The summed E-state index contributed by atoms with van der Waals surface area (Å²) in [6.07, 6.45) is 1.52. The molecule has 0 aliphatic rings. The summed E-state index contributed by atoms with van der Waals surface area (Å²) in [5.41, 5.74) is 3.34. The van der Waals surface area contributed by atoms with Crippen LogP contribution in [0.3, 0.4) is 0 Å². The summed E-state index contributed by atoms with van der Waals surface area (Å²) >= 11 is 17.6. The molecular weight excluding hydrogens is 626 g/mol. The van der Waals surface area contributed by atoms with Gasteiger partial charge in [-0.15, -0.1) is 0 Å². The number of carbonyl (C=O) groups excluding carboxylic acids is 1. The van der Waals surface area contributed by atoms with Gasteiger partial charge in [0.05, 0.1) is 18.1 Å². The lowest BCUT2D eigenvalue weighted by Gasteiger charge is -2.12. The molecule has 0 atom stereocenters. The molecule has 3 aromatic carbocycles. The third kappa shape index (κ3) is 6.48. The summed E-state index contributed by atoms with van der Waals surface area (Å²) in [7, 11) is 0. The van der Waals surface area contributed by atoms with Crippen LogP contribution in [0.15, 0.2) is 64.6 Å². The van der Waals surface area contributed by atoms with Gasteiger partial charge in [-0.05, 0) is 93.0 Å². The van der Waals surface area contributed by atoms with Gasteiger partial charge in [-0.3, -0.25) is 4.79 Å². The molecule has 0 aromatic heterocycles. The van der Waals surface area contributed by atoms with E-state index in [2.05, 4.69) is 43.8 Å². The Kier molecular flexibility index (Phi) is 8.60. The first kappa shape index (κ1) is 24.6. The van der Waals surface area contributed by atoms with E-state index in [0.29, 0.717) is 33.7 Å². The van der Waals surface area contributed by atoms with E-state index in [9.17, 15) is 10.1 Å². The molecule has 32 heavy (non-hydrogen) atoms. The molecule has 162 valence electrons. The van der Waals surface area contributed by atoms with Crippen LogP contribution in [0.25, 0.3) is 6.08 Å². The summed E-state index contributed by atoms with van der Waals surface area (Å²) in [6.45, 7) is 2.47. The van der Waals surface area contributed by atoms with E-state index in [1.165, 1.54) is 17.7 Å². The molecule has 0 aliphatic heterocycles. The maximum Gasteiger partial charge on any atom is 0.266 e. The number of hydrogen-bond acceptors (Lipinski definition) is 3. The molecule has 0 aliphatic carbocycles. The molecule has 0 bridgehead atoms. The summed E-state index contributed by atoms with van der Waals surface area (Å²) in [5.74, 6) is 0.152. The topological polar surface area (TPSA) is 62.1 Å². The zero-order valence-corrected chi connectivity index (χ0v) is 22.0. The van der Waals surface area contributed by atoms with Crippen molar-refractivity contribution in [1.82, 2.24) is 0 Å². The number of rotatable bonds is 6. The highest BCUT2D eigenvalue weighted by molar-refractivity contribution is 14.1. The lowest BCUT2D eigenvalue weighted by molar-refractivity contribution is -0.112. The fourth-order valence-electron chi connectivity index (χ4n) is 2.73. The Morgan fingerprint density at radius 1 is 1.16 bits per heavy atom. The highest BCUT2D eigenvalue weighted by Crippen LogP contribution is 2.33. The van der Waals surface area contributed by atoms with Gasteiger partial charge in [-0.25, -0.2) is 0 Å². The average Bonchev–Trinajstić information content (AvgIpc) is 2.75. The number of amides is 1. The molecule has 1 N–H and O–H groups in total. The second-order valence-corrected chi connectivity index (χ2v) is 9.67. The summed E-state index contributed by atoms with van der Waals surface area (Å²) in [5, 5.41) is 12.8. The maximum atomic E-state index is 12.5. The Morgan fingerprint density at radius 3 is 2.50 bits per heavy atom. The molecule has 0 saturated carbocycles. The van der Waals surface area contributed by atoms with E-state index in [0.717, 1.165) is 13.6 Å². The SMILES string of the molecule is Cc1ccc(COc2c(Br)cc(/C=C(\C#N)C(=O)Nc3ccc(Cl)c(Cl)c3)cc2I)cc1.